The van der Waals surface area contributed by atoms with Crippen LogP contribution in [0.2, 0.25) is 0 Å². The van der Waals surface area contributed by atoms with Crippen LogP contribution in [0.5, 0.6) is 0 Å². The van der Waals surface area contributed by atoms with Gasteiger partial charge in [-0.25, -0.2) is 13.6 Å². The largest absolute Gasteiger partial charge is 0.416 e. The molecule has 4 amide bonds. The molecule has 0 saturated carbocycles. The van der Waals surface area contributed by atoms with Crippen LogP contribution in [0.25, 0.3) is 0 Å². The molecule has 0 aliphatic carbocycles. The van der Waals surface area contributed by atoms with Gasteiger partial charge < -0.3 is 25.8 Å². The maximum Gasteiger partial charge on any atom is 0.416 e. The van der Waals surface area contributed by atoms with Crippen molar-refractivity contribution in [1.29, 1.82) is 0 Å². The lowest BCUT2D eigenvalue weighted by Gasteiger charge is -2.26. The Morgan fingerprint density at radius 1 is 0.702 bits per heavy atom. The van der Waals surface area contributed by atoms with Crippen molar-refractivity contribution in [3.63, 3.8) is 0 Å². The van der Waals surface area contributed by atoms with Crippen molar-refractivity contribution in [3.8, 4) is 0 Å². The first-order valence-electron chi connectivity index (χ1n) is 14.7. The molecule has 13 heteroatoms. The molecular weight excluding hydrogens is 621 g/mol. The molecule has 0 radical (unpaired) electrons. The Hall–Kier alpha value is -5.46. The van der Waals surface area contributed by atoms with E-state index in [1.54, 1.807) is 24.3 Å². The zero-order valence-electron chi connectivity index (χ0n) is 24.9. The van der Waals surface area contributed by atoms with Gasteiger partial charge in [-0.3, -0.25) is 9.59 Å². The molecule has 0 atom stereocenters. The van der Waals surface area contributed by atoms with E-state index in [1.807, 2.05) is 4.90 Å². The number of hydrogen-bond donors (Lipinski definition) is 3. The number of amides is 4. The van der Waals surface area contributed by atoms with E-state index < -0.39 is 41.2 Å². The number of nitrogens with zero attached hydrogens (tertiary/aromatic N) is 2. The highest BCUT2D eigenvalue weighted by Gasteiger charge is 2.31. The van der Waals surface area contributed by atoms with E-state index in [9.17, 15) is 36.3 Å². The molecule has 1 fully saturated rings. The maximum absolute atomic E-state index is 13.5. The van der Waals surface area contributed by atoms with Crippen molar-refractivity contribution < 1.29 is 36.3 Å². The van der Waals surface area contributed by atoms with Gasteiger partial charge in [0.25, 0.3) is 11.8 Å². The van der Waals surface area contributed by atoms with E-state index in [2.05, 4.69) is 16.0 Å². The minimum atomic E-state index is -4.55. The lowest BCUT2D eigenvalue weighted by molar-refractivity contribution is -0.137. The third kappa shape index (κ3) is 8.63. The number of halogens is 5. The summed E-state index contributed by atoms with van der Waals surface area (Å²) in [6, 6.07) is 19.3. The van der Waals surface area contributed by atoms with Crippen LogP contribution in [0.4, 0.5) is 43.8 Å². The molecule has 1 heterocycles. The molecule has 8 nitrogen and oxygen atoms in total. The summed E-state index contributed by atoms with van der Waals surface area (Å²) in [4.78, 5) is 42.7. The smallest absolute Gasteiger partial charge is 0.369 e. The standard InChI is InChI=1S/C34H30F5N5O3/c35-25-9-5-22(6-10-25)21-40-32(46)29-20-28(41-31(45)23-7-11-26(36)12-8-23)13-14-30(29)43-15-2-16-44(18-17-43)33(47)42-27-4-1-3-24(19-27)34(37,38)39/h1,3-14,19-20H,2,15-18,21H2,(H,40,46)(H,41,45)(H,42,47). The number of anilines is 3. The number of benzene rings is 4. The first kappa shape index (κ1) is 32.9. The zero-order chi connectivity index (χ0) is 33.6. The molecule has 1 saturated heterocycles. The van der Waals surface area contributed by atoms with Gasteiger partial charge in [0.15, 0.2) is 0 Å². The molecule has 0 spiro atoms. The van der Waals surface area contributed by atoms with Gasteiger partial charge in [0.1, 0.15) is 11.6 Å². The topological polar surface area (TPSA) is 93.8 Å². The summed E-state index contributed by atoms with van der Waals surface area (Å²) in [6.45, 7) is 1.39. The van der Waals surface area contributed by atoms with E-state index in [1.165, 1.54) is 47.4 Å². The summed E-state index contributed by atoms with van der Waals surface area (Å²) in [5.74, 6) is -1.88. The normalized spacial score (nSPS) is 13.5. The minimum absolute atomic E-state index is 0.0179. The van der Waals surface area contributed by atoms with Gasteiger partial charge in [-0.05, 0) is 84.8 Å². The summed E-state index contributed by atoms with van der Waals surface area (Å²) in [7, 11) is 0. The van der Waals surface area contributed by atoms with Crippen LogP contribution >= 0.6 is 0 Å². The zero-order valence-corrected chi connectivity index (χ0v) is 24.9. The van der Waals surface area contributed by atoms with Crippen LogP contribution < -0.4 is 20.9 Å². The molecule has 3 N–H and O–H groups in total. The molecule has 5 rings (SSSR count). The second-order valence-corrected chi connectivity index (χ2v) is 10.8. The Balaban J connectivity index is 1.32. The van der Waals surface area contributed by atoms with Crippen molar-refractivity contribution in [2.45, 2.75) is 19.1 Å². The molecule has 244 valence electrons. The van der Waals surface area contributed by atoms with Gasteiger partial charge in [-0.15, -0.1) is 0 Å². The molecule has 47 heavy (non-hydrogen) atoms. The quantitative estimate of drug-likeness (QED) is 0.190. The molecule has 4 aromatic rings. The fraction of sp³-hybridized carbons (Fsp3) is 0.206. The molecule has 0 unspecified atom stereocenters. The summed E-state index contributed by atoms with van der Waals surface area (Å²) in [5, 5.41) is 8.08. The Kier molecular flexibility index (Phi) is 10.0. The van der Waals surface area contributed by atoms with E-state index in [-0.39, 0.29) is 29.9 Å². The predicted octanol–water partition coefficient (Wildman–Crippen LogP) is 6.91. The SMILES string of the molecule is O=C(Nc1ccc(N2CCCN(C(=O)Nc3cccc(C(F)(F)F)c3)CC2)c(C(=O)NCc2ccc(F)cc2)c1)c1ccc(F)cc1. The van der Waals surface area contributed by atoms with Crippen molar-refractivity contribution in [3.05, 3.63) is 125 Å². The number of alkyl halides is 3. The summed E-state index contributed by atoms with van der Waals surface area (Å²) in [5.41, 5.74) is 1.09. The number of hydrogen-bond acceptors (Lipinski definition) is 4. The monoisotopic (exact) mass is 651 g/mol. The number of rotatable bonds is 7. The van der Waals surface area contributed by atoms with Crippen molar-refractivity contribution in [2.24, 2.45) is 0 Å². The lowest BCUT2D eigenvalue weighted by Crippen LogP contribution is -2.38. The van der Waals surface area contributed by atoms with Gasteiger partial charge in [-0.2, -0.15) is 13.2 Å². The van der Waals surface area contributed by atoms with Crippen molar-refractivity contribution in [1.82, 2.24) is 10.2 Å². The number of urea groups is 1. The highest BCUT2D eigenvalue weighted by molar-refractivity contribution is 6.06. The Morgan fingerprint density at radius 3 is 2.09 bits per heavy atom. The summed E-state index contributed by atoms with van der Waals surface area (Å²) in [6.07, 6.45) is -4.05. The van der Waals surface area contributed by atoms with Crippen LogP contribution in [0.3, 0.4) is 0 Å². The van der Waals surface area contributed by atoms with Gasteiger partial charge >= 0.3 is 12.2 Å². The second kappa shape index (κ2) is 14.3. The molecule has 0 bridgehead atoms. The Morgan fingerprint density at radius 2 is 1.38 bits per heavy atom. The minimum Gasteiger partial charge on any atom is -0.369 e. The van der Waals surface area contributed by atoms with E-state index in [0.717, 1.165) is 24.3 Å². The molecular formula is C34H30F5N5O3. The average Bonchev–Trinajstić information content (AvgIpc) is 3.31. The third-order valence-electron chi connectivity index (χ3n) is 7.54. The number of nitrogens with one attached hydrogen (secondary N) is 3. The van der Waals surface area contributed by atoms with Gasteiger partial charge in [0, 0.05) is 55.3 Å². The van der Waals surface area contributed by atoms with Gasteiger partial charge in [-0.1, -0.05) is 18.2 Å². The Bertz CT molecular complexity index is 1750. The highest BCUT2D eigenvalue weighted by atomic mass is 19.4. The fourth-order valence-corrected chi connectivity index (χ4v) is 5.09. The van der Waals surface area contributed by atoms with Crippen molar-refractivity contribution in [2.75, 3.05) is 41.7 Å². The van der Waals surface area contributed by atoms with Crippen LogP contribution in [0.1, 0.15) is 38.3 Å². The number of carbonyl (C=O) groups is 3. The first-order valence-corrected chi connectivity index (χ1v) is 14.7. The predicted molar refractivity (Wildman–Crippen MR) is 167 cm³/mol. The molecule has 0 aromatic heterocycles. The molecule has 1 aliphatic rings. The third-order valence-corrected chi connectivity index (χ3v) is 7.54. The first-order chi connectivity index (χ1) is 22.5. The number of carbonyl (C=O) groups excluding carboxylic acids is 3. The highest BCUT2D eigenvalue weighted by Crippen LogP contribution is 2.31. The van der Waals surface area contributed by atoms with Gasteiger partial charge in [0.2, 0.25) is 0 Å². The fourth-order valence-electron chi connectivity index (χ4n) is 5.09. The van der Waals surface area contributed by atoms with E-state index in [0.29, 0.717) is 43.0 Å². The van der Waals surface area contributed by atoms with Crippen molar-refractivity contribution >= 4 is 34.9 Å². The van der Waals surface area contributed by atoms with Crippen LogP contribution in [0, 0.1) is 11.6 Å². The van der Waals surface area contributed by atoms with Gasteiger partial charge in [0.05, 0.1) is 11.1 Å². The summed E-state index contributed by atoms with van der Waals surface area (Å²) < 4.78 is 66.1. The van der Waals surface area contributed by atoms with Crippen LogP contribution in [-0.2, 0) is 12.7 Å². The van der Waals surface area contributed by atoms with Crippen LogP contribution in [0.15, 0.2) is 91.0 Å². The Labute approximate surface area is 267 Å². The van der Waals surface area contributed by atoms with E-state index in [4.69, 9.17) is 0 Å². The van der Waals surface area contributed by atoms with E-state index >= 15 is 0 Å². The lowest BCUT2D eigenvalue weighted by atomic mass is 10.1. The maximum atomic E-state index is 13.5. The molecule has 4 aromatic carbocycles. The van der Waals surface area contributed by atoms with Crippen LogP contribution in [-0.4, -0.2) is 48.9 Å². The molecule has 1 aliphatic heterocycles. The second-order valence-electron chi connectivity index (χ2n) is 10.8. The summed E-state index contributed by atoms with van der Waals surface area (Å²) >= 11 is 0. The average molecular weight is 652 g/mol.